The van der Waals surface area contributed by atoms with Crippen molar-refractivity contribution >= 4 is 11.9 Å². The molecule has 1 rings (SSSR count). The molecule has 0 fully saturated rings. The smallest absolute Gasteiger partial charge is 0.338 e. The molecular formula is C14H16O4. The first kappa shape index (κ1) is 14.0. The van der Waals surface area contributed by atoms with Gasteiger partial charge in [-0.05, 0) is 19.1 Å². The van der Waals surface area contributed by atoms with Gasteiger partial charge in [-0.1, -0.05) is 24.8 Å². The van der Waals surface area contributed by atoms with Gasteiger partial charge < -0.3 is 9.47 Å². The maximum atomic E-state index is 11.6. The van der Waals surface area contributed by atoms with Crippen LogP contribution in [0.4, 0.5) is 0 Å². The summed E-state index contributed by atoms with van der Waals surface area (Å²) in [5.41, 5.74) is 0.508. The van der Waals surface area contributed by atoms with E-state index in [1.165, 1.54) is 0 Å². The second kappa shape index (κ2) is 7.27. The van der Waals surface area contributed by atoms with E-state index in [1.54, 1.807) is 31.2 Å². The van der Waals surface area contributed by atoms with Crippen LogP contribution >= 0.6 is 0 Å². The first-order valence-electron chi connectivity index (χ1n) is 5.68. The van der Waals surface area contributed by atoms with Crippen LogP contribution in [-0.2, 0) is 14.3 Å². The molecule has 0 radical (unpaired) electrons. The van der Waals surface area contributed by atoms with E-state index in [4.69, 9.17) is 9.47 Å². The zero-order valence-electron chi connectivity index (χ0n) is 10.3. The van der Waals surface area contributed by atoms with Crippen LogP contribution in [0.1, 0.15) is 23.7 Å². The van der Waals surface area contributed by atoms with Crippen LogP contribution < -0.4 is 0 Å². The van der Waals surface area contributed by atoms with Crippen molar-refractivity contribution in [1.82, 2.24) is 0 Å². The van der Waals surface area contributed by atoms with E-state index in [2.05, 4.69) is 6.58 Å². The first-order valence-corrected chi connectivity index (χ1v) is 5.68. The van der Waals surface area contributed by atoms with Crippen molar-refractivity contribution in [3.8, 4) is 0 Å². The quantitative estimate of drug-likeness (QED) is 0.573. The summed E-state index contributed by atoms with van der Waals surface area (Å²) in [6.07, 6.45) is 1.25. The number of hydrogen-bond acceptors (Lipinski definition) is 4. The molecule has 0 spiro atoms. The molecule has 96 valence electrons. The van der Waals surface area contributed by atoms with E-state index in [1.807, 2.05) is 6.07 Å². The Morgan fingerprint density at radius 2 is 2.00 bits per heavy atom. The van der Waals surface area contributed by atoms with E-state index < -0.39 is 5.97 Å². The highest BCUT2D eigenvalue weighted by Crippen LogP contribution is 2.04. The summed E-state index contributed by atoms with van der Waals surface area (Å²) in [5, 5.41) is 0. The molecule has 0 aliphatic carbocycles. The number of carbonyl (C=O) groups excluding carboxylic acids is 2. The Kier molecular flexibility index (Phi) is 5.64. The maximum Gasteiger partial charge on any atom is 0.338 e. The summed E-state index contributed by atoms with van der Waals surface area (Å²) in [6.45, 7) is 5.24. The zero-order chi connectivity index (χ0) is 13.4. The molecule has 0 heterocycles. The van der Waals surface area contributed by atoms with Crippen molar-refractivity contribution < 1.29 is 19.1 Å². The standard InChI is InChI=1S/C14H16O4/c1-3-13(15)18-11(2)9-10-17-14(16)12-7-5-4-6-8-12/h3-8,11H,1,9-10H2,2H3. The van der Waals surface area contributed by atoms with Gasteiger partial charge in [-0.25, -0.2) is 9.59 Å². The molecule has 0 aliphatic rings. The summed E-state index contributed by atoms with van der Waals surface area (Å²) >= 11 is 0. The molecule has 0 aliphatic heterocycles. The molecule has 4 nitrogen and oxygen atoms in total. The summed E-state index contributed by atoms with van der Waals surface area (Å²) in [7, 11) is 0. The number of benzene rings is 1. The van der Waals surface area contributed by atoms with Gasteiger partial charge in [0, 0.05) is 12.5 Å². The predicted molar refractivity (Wildman–Crippen MR) is 67.1 cm³/mol. The van der Waals surface area contributed by atoms with Crippen LogP contribution in [-0.4, -0.2) is 24.6 Å². The number of rotatable bonds is 6. The van der Waals surface area contributed by atoms with E-state index in [9.17, 15) is 9.59 Å². The monoisotopic (exact) mass is 248 g/mol. The molecular weight excluding hydrogens is 232 g/mol. The van der Waals surface area contributed by atoms with Crippen LogP contribution in [0.25, 0.3) is 0 Å². The Balaban J connectivity index is 2.28. The van der Waals surface area contributed by atoms with Crippen LogP contribution in [0.2, 0.25) is 0 Å². The Labute approximate surface area is 106 Å². The van der Waals surface area contributed by atoms with Crippen molar-refractivity contribution in [2.45, 2.75) is 19.4 Å². The van der Waals surface area contributed by atoms with Crippen molar-refractivity contribution in [3.05, 3.63) is 48.6 Å². The fourth-order valence-corrected chi connectivity index (χ4v) is 1.28. The van der Waals surface area contributed by atoms with Gasteiger partial charge in [-0.2, -0.15) is 0 Å². The molecule has 4 heteroatoms. The van der Waals surface area contributed by atoms with Crippen molar-refractivity contribution in [3.63, 3.8) is 0 Å². The first-order chi connectivity index (χ1) is 8.63. The Morgan fingerprint density at radius 1 is 1.33 bits per heavy atom. The lowest BCUT2D eigenvalue weighted by atomic mass is 10.2. The van der Waals surface area contributed by atoms with E-state index in [-0.39, 0.29) is 18.7 Å². The minimum absolute atomic E-state index is 0.208. The third-order valence-electron chi connectivity index (χ3n) is 2.25. The van der Waals surface area contributed by atoms with Crippen LogP contribution in [0.3, 0.4) is 0 Å². The van der Waals surface area contributed by atoms with E-state index >= 15 is 0 Å². The van der Waals surface area contributed by atoms with Gasteiger partial charge in [0.2, 0.25) is 0 Å². The van der Waals surface area contributed by atoms with Crippen molar-refractivity contribution in [1.29, 1.82) is 0 Å². The lowest BCUT2D eigenvalue weighted by Gasteiger charge is -2.11. The Morgan fingerprint density at radius 3 is 2.61 bits per heavy atom. The fraction of sp³-hybridized carbons (Fsp3) is 0.286. The van der Waals surface area contributed by atoms with Gasteiger partial charge in [-0.15, -0.1) is 0 Å². The molecule has 0 saturated carbocycles. The number of carbonyl (C=O) groups is 2. The molecule has 1 aromatic rings. The number of esters is 2. The minimum Gasteiger partial charge on any atom is -0.462 e. The van der Waals surface area contributed by atoms with Crippen LogP contribution in [0, 0.1) is 0 Å². The molecule has 1 aromatic carbocycles. The number of hydrogen-bond donors (Lipinski definition) is 0. The third kappa shape index (κ3) is 4.82. The fourth-order valence-electron chi connectivity index (χ4n) is 1.28. The van der Waals surface area contributed by atoms with E-state index in [0.717, 1.165) is 6.08 Å². The average Bonchev–Trinajstić information content (AvgIpc) is 2.39. The largest absolute Gasteiger partial charge is 0.462 e. The van der Waals surface area contributed by atoms with Crippen molar-refractivity contribution in [2.24, 2.45) is 0 Å². The molecule has 1 unspecified atom stereocenters. The molecule has 0 saturated heterocycles. The second-order valence-electron chi connectivity index (χ2n) is 3.74. The SMILES string of the molecule is C=CC(=O)OC(C)CCOC(=O)c1ccccc1. The summed E-state index contributed by atoms with van der Waals surface area (Å²) in [4.78, 5) is 22.5. The third-order valence-corrected chi connectivity index (χ3v) is 2.25. The molecule has 1 atom stereocenters. The lowest BCUT2D eigenvalue weighted by molar-refractivity contribution is -0.142. The average molecular weight is 248 g/mol. The lowest BCUT2D eigenvalue weighted by Crippen LogP contribution is -2.16. The molecule has 0 bridgehead atoms. The Bertz CT molecular complexity index is 411. The van der Waals surface area contributed by atoms with Crippen LogP contribution in [0.5, 0.6) is 0 Å². The highest BCUT2D eigenvalue weighted by Gasteiger charge is 2.09. The Hall–Kier alpha value is -2.10. The minimum atomic E-state index is -0.475. The molecule has 0 amide bonds. The molecule has 0 N–H and O–H groups in total. The van der Waals surface area contributed by atoms with Gasteiger partial charge in [0.1, 0.15) is 6.10 Å². The summed E-state index contributed by atoms with van der Waals surface area (Å²) < 4.78 is 10.00. The molecule has 18 heavy (non-hydrogen) atoms. The topological polar surface area (TPSA) is 52.6 Å². The highest BCUT2D eigenvalue weighted by atomic mass is 16.6. The maximum absolute atomic E-state index is 11.6. The molecule has 0 aromatic heterocycles. The van der Waals surface area contributed by atoms with Gasteiger partial charge in [-0.3, -0.25) is 0 Å². The normalized spacial score (nSPS) is 11.4. The highest BCUT2D eigenvalue weighted by molar-refractivity contribution is 5.89. The predicted octanol–water partition coefficient (Wildman–Crippen LogP) is 2.35. The zero-order valence-corrected chi connectivity index (χ0v) is 10.3. The van der Waals surface area contributed by atoms with Crippen LogP contribution in [0.15, 0.2) is 43.0 Å². The summed E-state index contributed by atoms with van der Waals surface area (Å²) in [5.74, 6) is -0.852. The summed E-state index contributed by atoms with van der Waals surface area (Å²) in [6, 6.07) is 8.73. The van der Waals surface area contributed by atoms with Gasteiger partial charge in [0.25, 0.3) is 0 Å². The van der Waals surface area contributed by atoms with Gasteiger partial charge in [0.15, 0.2) is 0 Å². The van der Waals surface area contributed by atoms with Gasteiger partial charge >= 0.3 is 11.9 Å². The number of ether oxygens (including phenoxy) is 2. The van der Waals surface area contributed by atoms with Crippen molar-refractivity contribution in [2.75, 3.05) is 6.61 Å². The van der Waals surface area contributed by atoms with E-state index in [0.29, 0.717) is 12.0 Å². The van der Waals surface area contributed by atoms with Gasteiger partial charge in [0.05, 0.1) is 12.2 Å². The second-order valence-corrected chi connectivity index (χ2v) is 3.74.